The van der Waals surface area contributed by atoms with E-state index in [0.717, 1.165) is 4.31 Å². The third-order valence-corrected chi connectivity index (χ3v) is 3.00. The Morgan fingerprint density at radius 2 is 2.18 bits per heavy atom. The molecular weight excluding hydrogens is 162 g/mol. The van der Waals surface area contributed by atoms with Crippen molar-refractivity contribution in [1.82, 2.24) is 4.31 Å². The average molecular weight is 173 g/mol. The Hall–Kier alpha value is -0.790. The summed E-state index contributed by atoms with van der Waals surface area (Å²) >= 11 is 0. The molecule has 0 saturated carbocycles. The van der Waals surface area contributed by atoms with Gasteiger partial charge in [-0.25, -0.2) is 8.42 Å². The first kappa shape index (κ1) is 10.2. The number of terminal acetylenes is 1. The van der Waals surface area contributed by atoms with Crippen LogP contribution in [0, 0.1) is 12.3 Å². The van der Waals surface area contributed by atoms with Crippen molar-refractivity contribution in [2.75, 3.05) is 13.6 Å². The molecular formula is C7H11NO2S. The predicted octanol–water partition coefficient (Wildman–Crippen LogP) is 0.415. The summed E-state index contributed by atoms with van der Waals surface area (Å²) in [5.74, 6) is 2.23. The van der Waals surface area contributed by atoms with Crippen molar-refractivity contribution in [2.24, 2.45) is 0 Å². The van der Waals surface area contributed by atoms with Gasteiger partial charge in [-0.2, -0.15) is 4.31 Å². The number of hydrogen-bond acceptors (Lipinski definition) is 2. The largest absolute Gasteiger partial charge is 0.238 e. The monoisotopic (exact) mass is 173 g/mol. The standard InChI is InChI=1S/C7H11NO2S/c1-5-6-8(4)11(9,10)7(2)3/h1H,2,6H2,3-4H3. The van der Waals surface area contributed by atoms with Gasteiger partial charge in [0.15, 0.2) is 0 Å². The highest BCUT2D eigenvalue weighted by Gasteiger charge is 2.16. The van der Waals surface area contributed by atoms with E-state index < -0.39 is 10.0 Å². The molecule has 0 aromatic carbocycles. The van der Waals surface area contributed by atoms with Crippen LogP contribution in [0.25, 0.3) is 0 Å². The molecule has 0 spiro atoms. The van der Waals surface area contributed by atoms with Crippen LogP contribution in [0.5, 0.6) is 0 Å². The maximum Gasteiger partial charge on any atom is 0.238 e. The van der Waals surface area contributed by atoms with Crippen molar-refractivity contribution in [2.45, 2.75) is 6.92 Å². The zero-order chi connectivity index (χ0) is 9.07. The van der Waals surface area contributed by atoms with Gasteiger partial charge in [-0.05, 0) is 6.92 Å². The molecule has 0 atom stereocenters. The smallest absolute Gasteiger partial charge is 0.207 e. The molecule has 0 aliphatic carbocycles. The van der Waals surface area contributed by atoms with Gasteiger partial charge in [0, 0.05) is 12.0 Å². The van der Waals surface area contributed by atoms with Crippen molar-refractivity contribution < 1.29 is 8.42 Å². The molecule has 0 bridgehead atoms. The summed E-state index contributed by atoms with van der Waals surface area (Å²) in [6.45, 7) is 4.84. The van der Waals surface area contributed by atoms with E-state index in [0.29, 0.717) is 0 Å². The van der Waals surface area contributed by atoms with Gasteiger partial charge in [-0.1, -0.05) is 12.5 Å². The van der Waals surface area contributed by atoms with E-state index in [1.807, 2.05) is 0 Å². The molecule has 0 aromatic heterocycles. The van der Waals surface area contributed by atoms with Crippen LogP contribution in [-0.2, 0) is 10.0 Å². The lowest BCUT2D eigenvalue weighted by molar-refractivity contribution is 0.510. The van der Waals surface area contributed by atoms with Crippen molar-refractivity contribution >= 4 is 10.0 Å². The van der Waals surface area contributed by atoms with Crippen molar-refractivity contribution in [3.63, 3.8) is 0 Å². The van der Waals surface area contributed by atoms with Gasteiger partial charge < -0.3 is 0 Å². The van der Waals surface area contributed by atoms with Crippen LogP contribution in [0.2, 0.25) is 0 Å². The fourth-order valence-electron chi connectivity index (χ4n) is 0.480. The lowest BCUT2D eigenvalue weighted by Gasteiger charge is -2.12. The minimum absolute atomic E-state index is 0.0786. The number of allylic oxidation sites excluding steroid dienone is 1. The van der Waals surface area contributed by atoms with Crippen LogP contribution in [0.4, 0.5) is 0 Å². The fourth-order valence-corrected chi connectivity index (χ4v) is 1.26. The SMILES string of the molecule is C#CCN(C)S(=O)(=O)C(=C)C. The molecule has 0 fully saturated rings. The molecule has 11 heavy (non-hydrogen) atoms. The van der Waals surface area contributed by atoms with Gasteiger partial charge in [0.2, 0.25) is 10.0 Å². The first-order chi connectivity index (χ1) is 4.92. The van der Waals surface area contributed by atoms with Crippen molar-refractivity contribution in [3.05, 3.63) is 11.5 Å². The molecule has 0 saturated heterocycles. The van der Waals surface area contributed by atoms with E-state index in [1.165, 1.54) is 14.0 Å². The average Bonchev–Trinajstić information content (AvgIpc) is 1.88. The molecule has 0 aliphatic heterocycles. The van der Waals surface area contributed by atoms with Crippen LogP contribution in [0.3, 0.4) is 0 Å². The molecule has 4 heteroatoms. The van der Waals surface area contributed by atoms with E-state index >= 15 is 0 Å². The molecule has 0 unspecified atom stereocenters. The Kier molecular flexibility index (Phi) is 3.30. The molecule has 0 aromatic rings. The first-order valence-corrected chi connectivity index (χ1v) is 4.42. The molecule has 62 valence electrons. The normalized spacial score (nSPS) is 11.1. The third-order valence-electron chi connectivity index (χ3n) is 1.16. The molecule has 0 radical (unpaired) electrons. The summed E-state index contributed by atoms with van der Waals surface area (Å²) in [5.41, 5.74) is 0. The maximum atomic E-state index is 11.2. The molecule has 0 rings (SSSR count). The molecule has 0 heterocycles. The molecule has 0 amide bonds. The Morgan fingerprint density at radius 3 is 2.45 bits per heavy atom. The van der Waals surface area contributed by atoms with Crippen LogP contribution in [0.15, 0.2) is 11.5 Å². The van der Waals surface area contributed by atoms with E-state index in [2.05, 4.69) is 12.5 Å². The van der Waals surface area contributed by atoms with Crippen LogP contribution < -0.4 is 0 Å². The predicted molar refractivity (Wildman–Crippen MR) is 45.2 cm³/mol. The van der Waals surface area contributed by atoms with Gasteiger partial charge in [0.25, 0.3) is 0 Å². The van der Waals surface area contributed by atoms with Crippen LogP contribution in [0.1, 0.15) is 6.92 Å². The van der Waals surface area contributed by atoms with E-state index in [9.17, 15) is 8.42 Å². The second-order valence-corrected chi connectivity index (χ2v) is 4.44. The molecule has 3 nitrogen and oxygen atoms in total. The van der Waals surface area contributed by atoms with Crippen LogP contribution in [-0.4, -0.2) is 26.3 Å². The lowest BCUT2D eigenvalue weighted by atomic mass is 10.7. The number of nitrogens with zero attached hydrogens (tertiary/aromatic N) is 1. The van der Waals surface area contributed by atoms with Gasteiger partial charge in [0.1, 0.15) is 0 Å². The highest BCUT2D eigenvalue weighted by molar-refractivity contribution is 7.92. The Balaban J connectivity index is 4.61. The molecule has 0 aliphatic rings. The summed E-state index contributed by atoms with van der Waals surface area (Å²) in [5, 5.41) is 0. The zero-order valence-electron chi connectivity index (χ0n) is 6.66. The van der Waals surface area contributed by atoms with Gasteiger partial charge in [-0.15, -0.1) is 6.42 Å². The Labute approximate surface area is 67.8 Å². The summed E-state index contributed by atoms with van der Waals surface area (Å²) in [6.07, 6.45) is 4.94. The Morgan fingerprint density at radius 1 is 1.73 bits per heavy atom. The van der Waals surface area contributed by atoms with Crippen molar-refractivity contribution in [3.8, 4) is 12.3 Å². The lowest BCUT2D eigenvalue weighted by Crippen LogP contribution is -2.27. The number of rotatable bonds is 3. The summed E-state index contributed by atoms with van der Waals surface area (Å²) < 4.78 is 23.4. The maximum absolute atomic E-state index is 11.2. The third kappa shape index (κ3) is 2.37. The number of hydrogen-bond donors (Lipinski definition) is 0. The fraction of sp³-hybridized carbons (Fsp3) is 0.429. The van der Waals surface area contributed by atoms with Gasteiger partial charge in [0.05, 0.1) is 6.54 Å². The zero-order valence-corrected chi connectivity index (χ0v) is 7.48. The van der Waals surface area contributed by atoms with E-state index in [-0.39, 0.29) is 11.4 Å². The Bertz CT molecular complexity index is 284. The number of sulfonamides is 1. The summed E-state index contributed by atoms with van der Waals surface area (Å²) in [7, 11) is -1.92. The summed E-state index contributed by atoms with van der Waals surface area (Å²) in [6, 6.07) is 0. The van der Waals surface area contributed by atoms with E-state index in [1.54, 1.807) is 0 Å². The van der Waals surface area contributed by atoms with Crippen molar-refractivity contribution in [1.29, 1.82) is 0 Å². The first-order valence-electron chi connectivity index (χ1n) is 2.98. The quantitative estimate of drug-likeness (QED) is 0.580. The topological polar surface area (TPSA) is 37.4 Å². The van der Waals surface area contributed by atoms with Gasteiger partial charge >= 0.3 is 0 Å². The van der Waals surface area contributed by atoms with Gasteiger partial charge in [-0.3, -0.25) is 0 Å². The summed E-state index contributed by atoms with van der Waals surface area (Å²) in [4.78, 5) is 0.107. The van der Waals surface area contributed by atoms with E-state index in [4.69, 9.17) is 6.42 Å². The minimum atomic E-state index is -3.34. The minimum Gasteiger partial charge on any atom is -0.207 e. The highest BCUT2D eigenvalue weighted by Crippen LogP contribution is 2.06. The highest BCUT2D eigenvalue weighted by atomic mass is 32.2. The molecule has 0 N–H and O–H groups in total. The van der Waals surface area contributed by atoms with Crippen LogP contribution >= 0.6 is 0 Å². The second kappa shape index (κ2) is 3.56. The second-order valence-electron chi connectivity index (χ2n) is 2.17.